The van der Waals surface area contributed by atoms with Gasteiger partial charge in [-0.2, -0.15) is 0 Å². The van der Waals surface area contributed by atoms with Crippen LogP contribution in [0, 0.1) is 12.3 Å². The average molecular weight is 448 g/mol. The Morgan fingerprint density at radius 3 is 1.88 bits per heavy atom. The number of carbonyl (C=O) groups is 4. The Balaban J connectivity index is 2.43. The second-order valence-corrected chi connectivity index (χ2v) is 6.85. The van der Waals surface area contributed by atoms with Crippen molar-refractivity contribution in [3.63, 3.8) is 0 Å². The van der Waals surface area contributed by atoms with Gasteiger partial charge in [0.15, 0.2) is 12.2 Å². The van der Waals surface area contributed by atoms with Gasteiger partial charge in [0.05, 0.1) is 0 Å². The Kier molecular flexibility index (Phi) is 8.61. The summed E-state index contributed by atoms with van der Waals surface area (Å²) < 4.78 is 32.6. The standard InChI is InChI=1S/C22H24O10/c1-6-16-7-9-17(10-8-16)31-22-21(30-15(5)26)20(29-14(4)25)19(28-13(3)24)18(32-22)11-27-12(2)23/h1,7-10,18-22H,11H2,2-5H3/t18-,19+,20+,21-,22-/m1/s1. The van der Waals surface area contributed by atoms with E-state index < -0.39 is 54.6 Å². The molecule has 2 rings (SSSR count). The summed E-state index contributed by atoms with van der Waals surface area (Å²) in [6, 6.07) is 6.40. The lowest BCUT2D eigenvalue weighted by atomic mass is 9.98. The summed E-state index contributed by atoms with van der Waals surface area (Å²) in [5.41, 5.74) is 0.610. The van der Waals surface area contributed by atoms with Crippen molar-refractivity contribution in [1.29, 1.82) is 0 Å². The first-order valence-corrected chi connectivity index (χ1v) is 9.64. The molecule has 1 fully saturated rings. The lowest BCUT2D eigenvalue weighted by Crippen LogP contribution is -2.63. The van der Waals surface area contributed by atoms with E-state index in [2.05, 4.69) is 5.92 Å². The maximum atomic E-state index is 11.8. The Morgan fingerprint density at radius 2 is 1.38 bits per heavy atom. The summed E-state index contributed by atoms with van der Waals surface area (Å²) in [5.74, 6) is 0.0150. The average Bonchev–Trinajstić information content (AvgIpc) is 2.70. The highest BCUT2D eigenvalue weighted by molar-refractivity contribution is 5.68. The van der Waals surface area contributed by atoms with Crippen LogP contribution in [0.5, 0.6) is 5.75 Å². The predicted molar refractivity (Wildman–Crippen MR) is 107 cm³/mol. The molecule has 1 heterocycles. The minimum absolute atomic E-state index is 0.310. The molecule has 0 saturated carbocycles. The van der Waals surface area contributed by atoms with Crippen LogP contribution < -0.4 is 4.74 Å². The molecule has 1 saturated heterocycles. The van der Waals surface area contributed by atoms with Crippen LogP contribution in [-0.4, -0.2) is 61.2 Å². The van der Waals surface area contributed by atoms with Crippen molar-refractivity contribution in [2.24, 2.45) is 0 Å². The third kappa shape index (κ3) is 6.99. The van der Waals surface area contributed by atoms with Crippen LogP contribution in [0.3, 0.4) is 0 Å². The maximum absolute atomic E-state index is 11.8. The molecule has 1 aromatic carbocycles. The van der Waals surface area contributed by atoms with Gasteiger partial charge < -0.3 is 28.4 Å². The molecule has 0 aliphatic carbocycles. The summed E-state index contributed by atoms with van der Waals surface area (Å²) in [5, 5.41) is 0. The normalized spacial score (nSPS) is 24.4. The molecule has 0 radical (unpaired) electrons. The van der Waals surface area contributed by atoms with Gasteiger partial charge in [0, 0.05) is 33.3 Å². The summed E-state index contributed by atoms with van der Waals surface area (Å²) in [6.07, 6.45) is -0.887. The quantitative estimate of drug-likeness (QED) is 0.341. The van der Waals surface area contributed by atoms with Crippen molar-refractivity contribution in [1.82, 2.24) is 0 Å². The van der Waals surface area contributed by atoms with Gasteiger partial charge in [-0.25, -0.2) is 0 Å². The molecule has 10 heteroatoms. The van der Waals surface area contributed by atoms with Crippen LogP contribution in [-0.2, 0) is 42.9 Å². The van der Waals surface area contributed by atoms with Gasteiger partial charge in [-0.15, -0.1) is 6.42 Å². The molecule has 1 aliphatic heterocycles. The Labute approximate surface area is 185 Å². The molecule has 0 spiro atoms. The highest BCUT2D eigenvalue weighted by atomic mass is 16.7. The zero-order chi connectivity index (χ0) is 23.8. The molecule has 0 aromatic heterocycles. The fraction of sp³-hybridized carbons (Fsp3) is 0.455. The van der Waals surface area contributed by atoms with Gasteiger partial charge in [0.1, 0.15) is 18.5 Å². The second-order valence-electron chi connectivity index (χ2n) is 6.85. The van der Waals surface area contributed by atoms with Gasteiger partial charge >= 0.3 is 23.9 Å². The molecular formula is C22H24O10. The van der Waals surface area contributed by atoms with Crippen LogP contribution in [0.15, 0.2) is 24.3 Å². The SMILES string of the molecule is C#Cc1ccc(O[C@@H]2O[C@H](COC(C)=O)[C@H](OC(C)=O)[C@H](OC(C)=O)[C@H]2OC(C)=O)cc1. The van der Waals surface area contributed by atoms with Crippen LogP contribution in [0.2, 0.25) is 0 Å². The molecular weight excluding hydrogens is 424 g/mol. The van der Waals surface area contributed by atoms with E-state index >= 15 is 0 Å². The van der Waals surface area contributed by atoms with E-state index in [-0.39, 0.29) is 6.61 Å². The molecule has 0 unspecified atom stereocenters. The molecule has 0 amide bonds. The predicted octanol–water partition coefficient (Wildman–Crippen LogP) is 1.13. The van der Waals surface area contributed by atoms with Gasteiger partial charge in [-0.3, -0.25) is 19.2 Å². The molecule has 10 nitrogen and oxygen atoms in total. The van der Waals surface area contributed by atoms with E-state index in [9.17, 15) is 19.2 Å². The molecule has 5 atom stereocenters. The number of rotatable bonds is 7. The van der Waals surface area contributed by atoms with Crippen molar-refractivity contribution in [3.8, 4) is 18.1 Å². The first-order chi connectivity index (χ1) is 15.1. The van der Waals surface area contributed by atoms with E-state index in [0.717, 1.165) is 20.8 Å². The van der Waals surface area contributed by atoms with E-state index in [4.69, 9.17) is 34.8 Å². The number of hydrogen-bond acceptors (Lipinski definition) is 10. The second kappa shape index (κ2) is 11.2. The first-order valence-electron chi connectivity index (χ1n) is 9.64. The zero-order valence-electron chi connectivity index (χ0n) is 18.1. The Morgan fingerprint density at radius 1 is 0.844 bits per heavy atom. The smallest absolute Gasteiger partial charge is 0.303 e. The third-order valence-electron chi connectivity index (χ3n) is 4.22. The lowest BCUT2D eigenvalue weighted by molar-refractivity contribution is -0.288. The van der Waals surface area contributed by atoms with Crippen molar-refractivity contribution in [2.75, 3.05) is 6.61 Å². The number of carbonyl (C=O) groups excluding carboxylic acids is 4. The van der Waals surface area contributed by atoms with Crippen molar-refractivity contribution in [2.45, 2.75) is 58.4 Å². The molecule has 32 heavy (non-hydrogen) atoms. The molecule has 1 aliphatic rings. The highest BCUT2D eigenvalue weighted by Crippen LogP contribution is 2.31. The van der Waals surface area contributed by atoms with Gasteiger partial charge in [0.25, 0.3) is 0 Å². The first kappa shape index (κ1) is 24.7. The molecule has 0 bridgehead atoms. The maximum Gasteiger partial charge on any atom is 0.303 e. The zero-order valence-corrected chi connectivity index (χ0v) is 18.1. The number of benzene rings is 1. The topological polar surface area (TPSA) is 124 Å². The van der Waals surface area contributed by atoms with Crippen LogP contribution in [0.1, 0.15) is 33.3 Å². The number of ether oxygens (including phenoxy) is 6. The van der Waals surface area contributed by atoms with E-state index in [0.29, 0.717) is 11.3 Å². The molecule has 0 N–H and O–H groups in total. The minimum atomic E-state index is -1.30. The largest absolute Gasteiger partial charge is 0.463 e. The van der Waals surface area contributed by atoms with Gasteiger partial charge in [0.2, 0.25) is 12.4 Å². The van der Waals surface area contributed by atoms with E-state index in [1.807, 2.05) is 0 Å². The molecule has 1 aromatic rings. The molecule has 172 valence electrons. The van der Waals surface area contributed by atoms with Crippen LogP contribution in [0.25, 0.3) is 0 Å². The Bertz CT molecular complexity index is 885. The monoisotopic (exact) mass is 448 g/mol. The summed E-state index contributed by atoms with van der Waals surface area (Å²) in [4.78, 5) is 46.6. The van der Waals surface area contributed by atoms with Crippen molar-refractivity contribution < 1.29 is 47.6 Å². The fourth-order valence-electron chi connectivity index (χ4n) is 3.05. The number of hydrogen-bond donors (Lipinski definition) is 0. The highest BCUT2D eigenvalue weighted by Gasteiger charge is 2.53. The Hall–Kier alpha value is -3.58. The lowest BCUT2D eigenvalue weighted by Gasteiger charge is -2.43. The fourth-order valence-corrected chi connectivity index (χ4v) is 3.05. The summed E-state index contributed by atoms with van der Waals surface area (Å²) in [6.45, 7) is 4.28. The summed E-state index contributed by atoms with van der Waals surface area (Å²) in [7, 11) is 0. The van der Waals surface area contributed by atoms with Gasteiger partial charge in [-0.05, 0) is 24.3 Å². The van der Waals surface area contributed by atoms with Gasteiger partial charge in [-0.1, -0.05) is 5.92 Å². The van der Waals surface area contributed by atoms with E-state index in [1.165, 1.54) is 6.92 Å². The van der Waals surface area contributed by atoms with E-state index in [1.54, 1.807) is 24.3 Å². The van der Waals surface area contributed by atoms with Crippen molar-refractivity contribution >= 4 is 23.9 Å². The number of esters is 4. The minimum Gasteiger partial charge on any atom is -0.463 e. The number of terminal acetylenes is 1. The summed E-state index contributed by atoms with van der Waals surface area (Å²) >= 11 is 0. The van der Waals surface area contributed by atoms with Crippen LogP contribution >= 0.6 is 0 Å². The van der Waals surface area contributed by atoms with Crippen molar-refractivity contribution in [3.05, 3.63) is 29.8 Å². The third-order valence-corrected chi connectivity index (χ3v) is 4.22. The van der Waals surface area contributed by atoms with Crippen LogP contribution in [0.4, 0.5) is 0 Å².